The summed E-state index contributed by atoms with van der Waals surface area (Å²) in [5.74, 6) is 0. The summed E-state index contributed by atoms with van der Waals surface area (Å²) in [5.41, 5.74) is 1.83. The van der Waals surface area contributed by atoms with Gasteiger partial charge in [0.05, 0.1) is 23.6 Å². The molecular formula is C18H18Cl2N6O. The maximum atomic E-state index is 12.8. The lowest BCUT2D eigenvalue weighted by molar-refractivity contribution is 0.366. The van der Waals surface area contributed by atoms with Crippen molar-refractivity contribution in [2.75, 3.05) is 18.0 Å². The van der Waals surface area contributed by atoms with E-state index in [-0.39, 0.29) is 10.6 Å². The zero-order chi connectivity index (χ0) is 19.0. The van der Waals surface area contributed by atoms with Gasteiger partial charge in [-0.3, -0.25) is 4.79 Å². The van der Waals surface area contributed by atoms with Crippen LogP contribution in [0.1, 0.15) is 24.4 Å². The second-order valence-corrected chi connectivity index (χ2v) is 7.37. The highest BCUT2D eigenvalue weighted by atomic mass is 35.5. The average molecular weight is 405 g/mol. The second kappa shape index (κ2) is 7.32. The molecule has 0 bridgehead atoms. The molecular weight excluding hydrogens is 387 g/mol. The minimum absolute atomic E-state index is 0.168. The van der Waals surface area contributed by atoms with E-state index in [1.807, 2.05) is 17.7 Å². The average Bonchev–Trinajstić information content (AvgIpc) is 3.21. The molecule has 1 aromatic carbocycles. The van der Waals surface area contributed by atoms with E-state index < -0.39 is 0 Å². The van der Waals surface area contributed by atoms with Crippen LogP contribution in [0.15, 0.2) is 41.8 Å². The van der Waals surface area contributed by atoms with E-state index in [9.17, 15) is 4.79 Å². The normalized spacial score (nSPS) is 15.3. The Kier molecular flexibility index (Phi) is 4.88. The predicted octanol–water partition coefficient (Wildman–Crippen LogP) is 3.28. The first kappa shape index (κ1) is 18.0. The van der Waals surface area contributed by atoms with Crippen LogP contribution in [0.5, 0.6) is 0 Å². The molecule has 0 aliphatic carbocycles. The van der Waals surface area contributed by atoms with Gasteiger partial charge in [0.25, 0.3) is 5.56 Å². The van der Waals surface area contributed by atoms with Gasteiger partial charge in [-0.2, -0.15) is 14.9 Å². The standard InChI is InChI=1S/C18H18Cl2N6O/c1-12-2-3-14(8-15(12)19)26-18(27)17(20)16(9-22-26)24-6-4-13(5-7-24)25-11-21-10-23-25/h2-3,8-11,13H,4-7H2,1H3. The van der Waals surface area contributed by atoms with Crippen LogP contribution < -0.4 is 10.5 Å². The Bertz CT molecular complexity index is 1010. The van der Waals surface area contributed by atoms with Crippen molar-refractivity contribution < 1.29 is 0 Å². The Labute approximate surface area is 166 Å². The van der Waals surface area contributed by atoms with E-state index >= 15 is 0 Å². The minimum atomic E-state index is -0.354. The Balaban J connectivity index is 1.57. The van der Waals surface area contributed by atoms with Gasteiger partial charge in [0.15, 0.2) is 0 Å². The summed E-state index contributed by atoms with van der Waals surface area (Å²) in [4.78, 5) is 18.9. The molecule has 0 spiro atoms. The molecule has 27 heavy (non-hydrogen) atoms. The molecule has 1 fully saturated rings. The fraction of sp³-hybridized carbons (Fsp3) is 0.333. The maximum absolute atomic E-state index is 12.8. The van der Waals surface area contributed by atoms with E-state index in [0.29, 0.717) is 22.4 Å². The molecule has 1 aliphatic rings. The van der Waals surface area contributed by atoms with Crippen LogP contribution in [-0.4, -0.2) is 37.6 Å². The van der Waals surface area contributed by atoms with E-state index in [1.54, 1.807) is 31.0 Å². The van der Waals surface area contributed by atoms with Crippen LogP contribution in [0.4, 0.5) is 5.69 Å². The van der Waals surface area contributed by atoms with Crippen molar-refractivity contribution in [1.29, 1.82) is 0 Å². The van der Waals surface area contributed by atoms with Gasteiger partial charge in [-0.15, -0.1) is 0 Å². The molecule has 0 amide bonds. The maximum Gasteiger partial charge on any atom is 0.292 e. The van der Waals surface area contributed by atoms with Crippen molar-refractivity contribution in [3.05, 3.63) is 63.0 Å². The van der Waals surface area contributed by atoms with Crippen molar-refractivity contribution in [3.63, 3.8) is 0 Å². The lowest BCUT2D eigenvalue weighted by Gasteiger charge is -2.33. The molecule has 1 aliphatic heterocycles. The molecule has 7 nitrogen and oxygen atoms in total. The number of anilines is 1. The lowest BCUT2D eigenvalue weighted by Crippen LogP contribution is -2.36. The molecule has 3 aromatic rings. The number of benzene rings is 1. The van der Waals surface area contributed by atoms with Crippen LogP contribution in [0.25, 0.3) is 5.69 Å². The summed E-state index contributed by atoms with van der Waals surface area (Å²) >= 11 is 12.6. The molecule has 0 saturated carbocycles. The Morgan fingerprint density at radius 1 is 1.15 bits per heavy atom. The third-order valence-corrected chi connectivity index (χ3v) is 5.68. The topological polar surface area (TPSA) is 68.8 Å². The van der Waals surface area contributed by atoms with Crippen LogP contribution >= 0.6 is 23.2 Å². The monoisotopic (exact) mass is 404 g/mol. The number of hydrogen-bond donors (Lipinski definition) is 0. The number of halogens is 2. The van der Waals surface area contributed by atoms with Gasteiger partial charge >= 0.3 is 0 Å². The van der Waals surface area contributed by atoms with Crippen LogP contribution in [-0.2, 0) is 0 Å². The largest absolute Gasteiger partial charge is 0.369 e. The first-order valence-corrected chi connectivity index (χ1v) is 9.43. The third kappa shape index (κ3) is 3.44. The molecule has 9 heteroatoms. The Morgan fingerprint density at radius 2 is 1.93 bits per heavy atom. The number of rotatable bonds is 3. The highest BCUT2D eigenvalue weighted by molar-refractivity contribution is 6.33. The zero-order valence-electron chi connectivity index (χ0n) is 14.7. The van der Waals surface area contributed by atoms with Crippen LogP contribution in [0.2, 0.25) is 10.0 Å². The van der Waals surface area contributed by atoms with Gasteiger partial charge in [0, 0.05) is 18.1 Å². The number of aromatic nitrogens is 5. The Hall–Kier alpha value is -2.38. The predicted molar refractivity (Wildman–Crippen MR) is 105 cm³/mol. The first-order valence-electron chi connectivity index (χ1n) is 8.68. The van der Waals surface area contributed by atoms with E-state index in [1.165, 1.54) is 4.68 Å². The van der Waals surface area contributed by atoms with Gasteiger partial charge in [-0.05, 0) is 37.5 Å². The van der Waals surface area contributed by atoms with Gasteiger partial charge < -0.3 is 4.90 Å². The molecule has 0 atom stereocenters. The SMILES string of the molecule is Cc1ccc(-n2ncc(N3CCC(n4cncn4)CC3)c(Cl)c2=O)cc1Cl. The molecule has 1 saturated heterocycles. The van der Waals surface area contributed by atoms with E-state index in [0.717, 1.165) is 31.5 Å². The highest BCUT2D eigenvalue weighted by Gasteiger charge is 2.24. The number of aryl methyl sites for hydroxylation is 1. The first-order chi connectivity index (χ1) is 13.0. The summed E-state index contributed by atoms with van der Waals surface area (Å²) in [7, 11) is 0. The van der Waals surface area contributed by atoms with Gasteiger partial charge in [0.1, 0.15) is 17.7 Å². The number of hydrogen-bond acceptors (Lipinski definition) is 5. The Morgan fingerprint density at radius 3 is 2.59 bits per heavy atom. The number of piperidine rings is 1. The molecule has 0 radical (unpaired) electrons. The summed E-state index contributed by atoms with van der Waals surface area (Å²) < 4.78 is 3.16. The summed E-state index contributed by atoms with van der Waals surface area (Å²) in [6.45, 7) is 3.44. The van der Waals surface area contributed by atoms with Gasteiger partial charge in [-0.1, -0.05) is 29.3 Å². The fourth-order valence-electron chi connectivity index (χ4n) is 3.32. The lowest BCUT2D eigenvalue weighted by atomic mass is 10.1. The van der Waals surface area contributed by atoms with Crippen molar-refractivity contribution in [1.82, 2.24) is 24.5 Å². The molecule has 3 heterocycles. The third-order valence-electron chi connectivity index (χ3n) is 4.92. The van der Waals surface area contributed by atoms with E-state index in [4.69, 9.17) is 23.2 Å². The molecule has 0 N–H and O–H groups in total. The minimum Gasteiger partial charge on any atom is -0.369 e. The van der Waals surface area contributed by atoms with Crippen molar-refractivity contribution in [2.45, 2.75) is 25.8 Å². The van der Waals surface area contributed by atoms with Crippen LogP contribution in [0.3, 0.4) is 0 Å². The fourth-order valence-corrected chi connectivity index (χ4v) is 3.74. The molecule has 2 aromatic heterocycles. The summed E-state index contributed by atoms with van der Waals surface area (Å²) in [6, 6.07) is 5.67. The second-order valence-electron chi connectivity index (χ2n) is 6.59. The number of nitrogens with zero attached hydrogens (tertiary/aromatic N) is 6. The highest BCUT2D eigenvalue weighted by Crippen LogP contribution is 2.29. The van der Waals surface area contributed by atoms with E-state index in [2.05, 4.69) is 20.1 Å². The van der Waals surface area contributed by atoms with Crippen molar-refractivity contribution in [3.8, 4) is 5.69 Å². The molecule has 140 valence electrons. The van der Waals surface area contributed by atoms with Gasteiger partial charge in [0.2, 0.25) is 0 Å². The smallest absolute Gasteiger partial charge is 0.292 e. The zero-order valence-corrected chi connectivity index (χ0v) is 16.2. The van der Waals surface area contributed by atoms with Crippen molar-refractivity contribution >= 4 is 28.9 Å². The summed E-state index contributed by atoms with van der Waals surface area (Å²) in [5, 5.41) is 9.28. The van der Waals surface area contributed by atoms with Gasteiger partial charge in [-0.25, -0.2) is 9.67 Å². The molecule has 0 unspecified atom stereocenters. The quantitative estimate of drug-likeness (QED) is 0.669. The van der Waals surface area contributed by atoms with Crippen molar-refractivity contribution in [2.24, 2.45) is 0 Å². The summed E-state index contributed by atoms with van der Waals surface area (Å²) in [6.07, 6.45) is 6.73. The van der Waals surface area contributed by atoms with Crippen LogP contribution in [0, 0.1) is 6.92 Å². The molecule has 4 rings (SSSR count).